The number of hydrogen-bond acceptors (Lipinski definition) is 3. The van der Waals surface area contributed by atoms with E-state index in [4.69, 9.17) is 5.26 Å². The first-order chi connectivity index (χ1) is 6.90. The Morgan fingerprint density at radius 1 is 1.36 bits per heavy atom. The highest BCUT2D eigenvalue weighted by atomic mass is 15.1. The predicted molar refractivity (Wildman–Crippen MR) is 50.7 cm³/mol. The lowest BCUT2D eigenvalue weighted by molar-refractivity contribution is 0.993. The summed E-state index contributed by atoms with van der Waals surface area (Å²) in [5.41, 5.74) is 0.762. The molecule has 0 aliphatic carbocycles. The van der Waals surface area contributed by atoms with Crippen molar-refractivity contribution in [2.75, 3.05) is 0 Å². The monoisotopic (exact) mass is 184 g/mol. The molecule has 4 nitrogen and oxygen atoms in total. The lowest BCUT2D eigenvalue weighted by atomic mass is 10.4. The first-order valence-corrected chi connectivity index (χ1v) is 4.21. The van der Waals surface area contributed by atoms with Gasteiger partial charge in [0.15, 0.2) is 0 Å². The maximum atomic E-state index is 8.48. The Morgan fingerprint density at radius 2 is 2.29 bits per heavy atom. The molecule has 0 bridgehead atoms. The summed E-state index contributed by atoms with van der Waals surface area (Å²) in [7, 11) is 0. The van der Waals surface area contributed by atoms with Crippen molar-refractivity contribution in [1.29, 1.82) is 5.26 Å². The van der Waals surface area contributed by atoms with Crippen molar-refractivity contribution in [3.8, 4) is 11.9 Å². The number of rotatable bonds is 2. The second-order valence-corrected chi connectivity index (χ2v) is 2.80. The van der Waals surface area contributed by atoms with E-state index in [0.29, 0.717) is 6.42 Å². The topological polar surface area (TPSA) is 54.5 Å². The standard InChI is InChI=1S/C10H8N4/c11-5-4-9-7-14(8-13-9)10-3-1-2-6-12-10/h1-3,6-8H,4H2. The predicted octanol–water partition coefficient (Wildman–Crippen LogP) is 1.33. The summed E-state index contributed by atoms with van der Waals surface area (Å²) in [4.78, 5) is 8.25. The van der Waals surface area contributed by atoms with Crippen LogP contribution in [0.4, 0.5) is 0 Å². The van der Waals surface area contributed by atoms with Crippen LogP contribution in [0.25, 0.3) is 5.82 Å². The minimum absolute atomic E-state index is 0.333. The fourth-order valence-corrected chi connectivity index (χ4v) is 1.17. The molecule has 2 rings (SSSR count). The average Bonchev–Trinajstić information content (AvgIpc) is 2.68. The Hall–Kier alpha value is -2.15. The molecular formula is C10H8N4. The van der Waals surface area contributed by atoms with Crippen LogP contribution in [-0.2, 0) is 6.42 Å². The Balaban J connectivity index is 2.31. The molecule has 0 spiro atoms. The third-order valence-corrected chi connectivity index (χ3v) is 1.81. The second kappa shape index (κ2) is 3.71. The molecule has 2 aromatic rings. The van der Waals surface area contributed by atoms with E-state index < -0.39 is 0 Å². The Kier molecular flexibility index (Phi) is 2.24. The van der Waals surface area contributed by atoms with Crippen LogP contribution >= 0.6 is 0 Å². The number of pyridine rings is 1. The Bertz CT molecular complexity index is 452. The maximum absolute atomic E-state index is 8.48. The van der Waals surface area contributed by atoms with Crippen LogP contribution in [0.1, 0.15) is 5.69 Å². The average molecular weight is 184 g/mol. The van der Waals surface area contributed by atoms with Crippen LogP contribution in [0, 0.1) is 11.3 Å². The fourth-order valence-electron chi connectivity index (χ4n) is 1.17. The van der Waals surface area contributed by atoms with Gasteiger partial charge in [-0.15, -0.1) is 0 Å². The van der Waals surface area contributed by atoms with Gasteiger partial charge in [0.2, 0.25) is 0 Å². The van der Waals surface area contributed by atoms with E-state index in [0.717, 1.165) is 11.5 Å². The van der Waals surface area contributed by atoms with Crippen molar-refractivity contribution in [2.45, 2.75) is 6.42 Å². The lowest BCUT2D eigenvalue weighted by Crippen LogP contribution is -1.92. The van der Waals surface area contributed by atoms with E-state index >= 15 is 0 Å². The summed E-state index contributed by atoms with van der Waals surface area (Å²) in [5.74, 6) is 0.809. The first kappa shape index (κ1) is 8.45. The van der Waals surface area contributed by atoms with Crippen LogP contribution in [0.2, 0.25) is 0 Å². The molecule has 4 heteroatoms. The molecular weight excluding hydrogens is 176 g/mol. The second-order valence-electron chi connectivity index (χ2n) is 2.80. The summed E-state index contributed by atoms with van der Waals surface area (Å²) >= 11 is 0. The molecule has 0 radical (unpaired) electrons. The van der Waals surface area contributed by atoms with Gasteiger partial charge in [-0.05, 0) is 12.1 Å². The van der Waals surface area contributed by atoms with Crippen molar-refractivity contribution < 1.29 is 0 Å². The van der Waals surface area contributed by atoms with Gasteiger partial charge in [-0.1, -0.05) is 6.07 Å². The zero-order valence-corrected chi connectivity index (χ0v) is 7.46. The minimum atomic E-state index is 0.333. The Labute approximate surface area is 81.5 Å². The molecule has 0 saturated carbocycles. The molecule has 0 unspecified atom stereocenters. The van der Waals surface area contributed by atoms with Gasteiger partial charge in [0.05, 0.1) is 18.2 Å². The summed E-state index contributed by atoms with van der Waals surface area (Å²) in [6, 6.07) is 7.71. The smallest absolute Gasteiger partial charge is 0.137 e. The number of aromatic nitrogens is 3. The van der Waals surface area contributed by atoms with Gasteiger partial charge < -0.3 is 0 Å². The third-order valence-electron chi connectivity index (χ3n) is 1.81. The lowest BCUT2D eigenvalue weighted by Gasteiger charge is -1.97. The molecule has 0 aromatic carbocycles. The molecule has 14 heavy (non-hydrogen) atoms. The van der Waals surface area contributed by atoms with Gasteiger partial charge in [0.25, 0.3) is 0 Å². The van der Waals surface area contributed by atoms with Gasteiger partial charge in [-0.3, -0.25) is 4.57 Å². The molecule has 2 aromatic heterocycles. The molecule has 0 amide bonds. The highest BCUT2D eigenvalue weighted by Gasteiger charge is 1.99. The van der Waals surface area contributed by atoms with Crippen molar-refractivity contribution >= 4 is 0 Å². The normalized spacial score (nSPS) is 9.64. The summed E-state index contributed by atoms with van der Waals surface area (Å²) in [6.07, 6.45) is 5.53. The number of nitriles is 1. The van der Waals surface area contributed by atoms with Crippen LogP contribution in [-0.4, -0.2) is 14.5 Å². The highest BCUT2D eigenvalue weighted by molar-refractivity contribution is 5.23. The van der Waals surface area contributed by atoms with E-state index in [1.54, 1.807) is 17.1 Å². The molecule has 68 valence electrons. The van der Waals surface area contributed by atoms with Gasteiger partial charge in [-0.2, -0.15) is 5.26 Å². The third kappa shape index (κ3) is 1.62. The van der Waals surface area contributed by atoms with Crippen molar-refractivity contribution in [3.63, 3.8) is 0 Å². The zero-order chi connectivity index (χ0) is 9.80. The van der Waals surface area contributed by atoms with E-state index in [1.807, 2.05) is 24.4 Å². The van der Waals surface area contributed by atoms with Crippen LogP contribution < -0.4 is 0 Å². The number of hydrogen-bond donors (Lipinski definition) is 0. The van der Waals surface area contributed by atoms with Crippen LogP contribution in [0.3, 0.4) is 0 Å². The molecule has 0 fully saturated rings. The van der Waals surface area contributed by atoms with Gasteiger partial charge in [0, 0.05) is 12.4 Å². The summed E-state index contributed by atoms with van der Waals surface area (Å²) in [5, 5.41) is 8.48. The quantitative estimate of drug-likeness (QED) is 0.707. The first-order valence-electron chi connectivity index (χ1n) is 4.21. The minimum Gasteiger partial charge on any atom is -0.290 e. The molecule has 0 saturated heterocycles. The van der Waals surface area contributed by atoms with Gasteiger partial charge in [0.1, 0.15) is 12.1 Å². The molecule has 2 heterocycles. The van der Waals surface area contributed by atoms with Crippen molar-refractivity contribution in [1.82, 2.24) is 14.5 Å². The van der Waals surface area contributed by atoms with E-state index in [9.17, 15) is 0 Å². The van der Waals surface area contributed by atoms with E-state index in [-0.39, 0.29) is 0 Å². The highest BCUT2D eigenvalue weighted by Crippen LogP contribution is 2.04. The largest absolute Gasteiger partial charge is 0.290 e. The summed E-state index contributed by atoms with van der Waals surface area (Å²) in [6.45, 7) is 0. The van der Waals surface area contributed by atoms with Crippen LogP contribution in [0.15, 0.2) is 36.9 Å². The number of nitrogens with zero attached hydrogens (tertiary/aromatic N) is 4. The van der Waals surface area contributed by atoms with Gasteiger partial charge in [-0.25, -0.2) is 9.97 Å². The van der Waals surface area contributed by atoms with E-state index in [2.05, 4.69) is 16.0 Å². The Morgan fingerprint density at radius 3 is 3.00 bits per heavy atom. The van der Waals surface area contributed by atoms with Crippen molar-refractivity contribution in [3.05, 3.63) is 42.6 Å². The van der Waals surface area contributed by atoms with Crippen LogP contribution in [0.5, 0.6) is 0 Å². The molecule has 0 aliphatic rings. The SMILES string of the molecule is N#CCc1cn(-c2ccccn2)cn1. The molecule has 0 N–H and O–H groups in total. The molecule has 0 atom stereocenters. The van der Waals surface area contributed by atoms with Crippen molar-refractivity contribution in [2.24, 2.45) is 0 Å². The fraction of sp³-hybridized carbons (Fsp3) is 0.100. The molecule has 0 aliphatic heterocycles. The zero-order valence-electron chi connectivity index (χ0n) is 7.46. The van der Waals surface area contributed by atoms with E-state index in [1.165, 1.54) is 0 Å². The maximum Gasteiger partial charge on any atom is 0.137 e. The number of imidazole rings is 1. The summed E-state index contributed by atoms with van der Waals surface area (Å²) < 4.78 is 1.80. The van der Waals surface area contributed by atoms with Gasteiger partial charge >= 0.3 is 0 Å².